The molecule has 0 spiro atoms. The highest BCUT2D eigenvalue weighted by molar-refractivity contribution is 5.90. The van der Waals surface area contributed by atoms with Gasteiger partial charge in [0, 0.05) is 18.4 Å². The second kappa shape index (κ2) is 22.5. The summed E-state index contributed by atoms with van der Waals surface area (Å²) in [7, 11) is 0. The molecule has 2 aliphatic rings. The first-order valence-electron chi connectivity index (χ1n) is 17.7. The van der Waals surface area contributed by atoms with Crippen LogP contribution >= 0.6 is 0 Å². The Morgan fingerprint density at radius 1 is 0.674 bits per heavy atom. The van der Waals surface area contributed by atoms with E-state index in [1.807, 2.05) is 0 Å². The number of aliphatic hydroxyl groups is 5. The Kier molecular flexibility index (Phi) is 19.9. The fourth-order valence-electron chi connectivity index (χ4n) is 6.43. The number of hydrogen-bond donors (Lipinski definition) is 5. The van der Waals surface area contributed by atoms with Crippen LogP contribution in [0.5, 0.6) is 0 Å². The van der Waals surface area contributed by atoms with Crippen molar-refractivity contribution in [2.24, 2.45) is 0 Å². The van der Waals surface area contributed by atoms with Crippen molar-refractivity contribution in [1.82, 2.24) is 0 Å². The second-order valence-electron chi connectivity index (χ2n) is 13.3. The molecule has 252 valence electrons. The maximum Gasteiger partial charge on any atom is 0.334 e. The molecule has 0 amide bonds. The largest absolute Gasteiger partial charge is 0.455 e. The highest BCUT2D eigenvalue weighted by Crippen LogP contribution is 2.29. The number of rotatable bonds is 26. The van der Waals surface area contributed by atoms with Crippen LogP contribution in [-0.2, 0) is 14.3 Å². The lowest BCUT2D eigenvalue weighted by atomic mass is 9.98. The molecule has 0 aliphatic carbocycles. The molecule has 5 N–H and O–H groups in total. The van der Waals surface area contributed by atoms with Gasteiger partial charge in [-0.25, -0.2) is 4.79 Å². The molecular formula is C35H64O8. The zero-order chi connectivity index (χ0) is 31.5. The number of carbonyl (C=O) groups excluding carboxylic acids is 1. The summed E-state index contributed by atoms with van der Waals surface area (Å²) in [6.45, 7) is 4.03. The van der Waals surface area contributed by atoms with Crippen LogP contribution in [0, 0.1) is 0 Å². The van der Waals surface area contributed by atoms with Gasteiger partial charge in [-0.2, -0.15) is 0 Å². The molecule has 43 heavy (non-hydrogen) atoms. The molecule has 8 heteroatoms. The molecule has 2 rings (SSSR count). The van der Waals surface area contributed by atoms with Gasteiger partial charge in [-0.05, 0) is 57.9 Å². The minimum Gasteiger partial charge on any atom is -0.455 e. The quantitative estimate of drug-likeness (QED) is 0.0590. The Hall–Kier alpha value is -1.03. The van der Waals surface area contributed by atoms with Crippen LogP contribution in [0.15, 0.2) is 11.6 Å². The molecule has 0 saturated carbocycles. The van der Waals surface area contributed by atoms with Gasteiger partial charge in [0.1, 0.15) is 6.10 Å². The lowest BCUT2D eigenvalue weighted by Gasteiger charge is -2.23. The summed E-state index contributed by atoms with van der Waals surface area (Å²) in [4.78, 5) is 11.7. The number of cyclic esters (lactones) is 1. The molecule has 0 bridgehead atoms. The van der Waals surface area contributed by atoms with Gasteiger partial charge in [-0.15, -0.1) is 0 Å². The molecule has 8 atom stereocenters. The molecule has 8 nitrogen and oxygen atoms in total. The van der Waals surface area contributed by atoms with E-state index >= 15 is 0 Å². The van der Waals surface area contributed by atoms with Crippen LogP contribution in [0.1, 0.15) is 155 Å². The van der Waals surface area contributed by atoms with Gasteiger partial charge in [0.25, 0.3) is 0 Å². The number of carbonyl (C=O) groups is 1. The first kappa shape index (κ1) is 38.2. The fourth-order valence-corrected chi connectivity index (χ4v) is 6.43. The van der Waals surface area contributed by atoms with Gasteiger partial charge in [0.2, 0.25) is 0 Å². The van der Waals surface area contributed by atoms with E-state index in [0.29, 0.717) is 37.7 Å². The third-order valence-corrected chi connectivity index (χ3v) is 9.16. The molecular weight excluding hydrogens is 548 g/mol. The van der Waals surface area contributed by atoms with Gasteiger partial charge >= 0.3 is 5.97 Å². The summed E-state index contributed by atoms with van der Waals surface area (Å²) in [5.41, 5.74) is 0.509. The van der Waals surface area contributed by atoms with Crippen LogP contribution < -0.4 is 0 Å². The zero-order valence-corrected chi connectivity index (χ0v) is 27.2. The maximum atomic E-state index is 11.7. The average molecular weight is 613 g/mol. The average Bonchev–Trinajstić information content (AvgIpc) is 3.59. The summed E-state index contributed by atoms with van der Waals surface area (Å²) in [6.07, 6.45) is 18.0. The summed E-state index contributed by atoms with van der Waals surface area (Å²) in [6, 6.07) is 0. The molecule has 4 unspecified atom stereocenters. The number of esters is 1. The lowest BCUT2D eigenvalue weighted by Crippen LogP contribution is -2.33. The molecule has 0 aromatic heterocycles. The Morgan fingerprint density at radius 2 is 1.19 bits per heavy atom. The van der Waals surface area contributed by atoms with E-state index in [2.05, 4.69) is 6.92 Å². The summed E-state index contributed by atoms with van der Waals surface area (Å²) in [5.74, 6) is -0.365. The third kappa shape index (κ3) is 16.7. The topological polar surface area (TPSA) is 137 Å². The first-order chi connectivity index (χ1) is 20.7. The molecule has 2 aliphatic heterocycles. The minimum absolute atomic E-state index is 0.220. The van der Waals surface area contributed by atoms with Crippen molar-refractivity contribution in [3.8, 4) is 0 Å². The Morgan fingerprint density at radius 3 is 1.79 bits per heavy atom. The third-order valence-electron chi connectivity index (χ3n) is 9.16. The summed E-state index contributed by atoms with van der Waals surface area (Å²) >= 11 is 0. The highest BCUT2D eigenvalue weighted by atomic mass is 16.5. The number of aliphatic hydroxyl groups excluding tert-OH is 5. The van der Waals surface area contributed by atoms with E-state index in [9.17, 15) is 30.3 Å². The van der Waals surface area contributed by atoms with Crippen molar-refractivity contribution < 1.29 is 39.8 Å². The maximum absolute atomic E-state index is 11.7. The number of hydrogen-bond acceptors (Lipinski definition) is 8. The molecule has 1 fully saturated rings. The predicted octanol–water partition coefficient (Wildman–Crippen LogP) is 6.03. The Bertz CT molecular complexity index is 758. The van der Waals surface area contributed by atoms with Crippen molar-refractivity contribution in [3.63, 3.8) is 0 Å². The van der Waals surface area contributed by atoms with Gasteiger partial charge in [0.15, 0.2) is 0 Å². The van der Waals surface area contributed by atoms with Crippen LogP contribution in [0.3, 0.4) is 0 Å². The van der Waals surface area contributed by atoms with E-state index < -0.39 is 30.5 Å². The standard InChI is InChI=1S/C35H64O8/c1-3-4-5-6-7-8-9-10-11-15-18-31(39)33-21-22-34(43-33)32(40)25-29(37)17-14-12-13-16-28(36)19-20-30(38)24-27-23-26(2)42-35(27)41/h23,26,28-34,36-40H,3-22,24-25H2,1-2H3/t26?,28?,29?,30?,31-,32-,33-,34-/m0/s1. The van der Waals surface area contributed by atoms with Crippen molar-refractivity contribution >= 4 is 5.97 Å². The fraction of sp³-hybridized carbons (Fsp3) is 0.914. The lowest BCUT2D eigenvalue weighted by molar-refractivity contribution is -0.139. The highest BCUT2D eigenvalue weighted by Gasteiger charge is 2.35. The molecule has 0 aromatic carbocycles. The Balaban J connectivity index is 1.45. The SMILES string of the molecule is CCCCCCCCCCCC[C@H](O)[C@@H]1CC[C@@H]([C@@H](O)CC(O)CCCCCC(O)CCC(O)CC2=CC(C)OC2=O)O1. The van der Waals surface area contributed by atoms with Gasteiger partial charge in [-0.3, -0.25) is 0 Å². The predicted molar refractivity (Wildman–Crippen MR) is 170 cm³/mol. The normalized spacial score (nSPS) is 24.0. The van der Waals surface area contributed by atoms with Crippen molar-refractivity contribution in [3.05, 3.63) is 11.6 Å². The Labute approximate surface area is 261 Å². The van der Waals surface area contributed by atoms with Gasteiger partial charge in [0.05, 0.1) is 42.7 Å². The van der Waals surface area contributed by atoms with Crippen LogP contribution in [0.25, 0.3) is 0 Å². The monoisotopic (exact) mass is 612 g/mol. The zero-order valence-electron chi connectivity index (χ0n) is 27.2. The first-order valence-corrected chi connectivity index (χ1v) is 17.7. The van der Waals surface area contributed by atoms with E-state index in [-0.39, 0.29) is 37.1 Å². The second-order valence-corrected chi connectivity index (χ2v) is 13.3. The summed E-state index contributed by atoms with van der Waals surface area (Å²) < 4.78 is 11.0. The van der Waals surface area contributed by atoms with Crippen LogP contribution in [0.2, 0.25) is 0 Å². The minimum atomic E-state index is -0.733. The van der Waals surface area contributed by atoms with E-state index in [4.69, 9.17) is 9.47 Å². The van der Waals surface area contributed by atoms with E-state index in [0.717, 1.165) is 44.9 Å². The molecule has 0 radical (unpaired) electrons. The molecule has 2 heterocycles. The van der Waals surface area contributed by atoms with E-state index in [1.54, 1.807) is 13.0 Å². The van der Waals surface area contributed by atoms with Crippen LogP contribution in [-0.4, -0.2) is 80.3 Å². The smallest absolute Gasteiger partial charge is 0.334 e. The van der Waals surface area contributed by atoms with Crippen molar-refractivity contribution in [2.75, 3.05) is 0 Å². The number of ether oxygens (including phenoxy) is 2. The summed E-state index contributed by atoms with van der Waals surface area (Å²) in [5, 5.41) is 52.1. The van der Waals surface area contributed by atoms with Crippen molar-refractivity contribution in [1.29, 1.82) is 0 Å². The van der Waals surface area contributed by atoms with Crippen molar-refractivity contribution in [2.45, 2.75) is 204 Å². The van der Waals surface area contributed by atoms with Gasteiger partial charge < -0.3 is 35.0 Å². The van der Waals surface area contributed by atoms with Gasteiger partial charge in [-0.1, -0.05) is 90.4 Å². The number of unbranched alkanes of at least 4 members (excludes halogenated alkanes) is 11. The molecule has 1 saturated heterocycles. The van der Waals surface area contributed by atoms with E-state index in [1.165, 1.54) is 51.4 Å². The molecule has 0 aromatic rings. The van der Waals surface area contributed by atoms with Crippen LogP contribution in [0.4, 0.5) is 0 Å².